The first-order valence-electron chi connectivity index (χ1n) is 9.92. The summed E-state index contributed by atoms with van der Waals surface area (Å²) < 4.78 is 5.27. The molecule has 2 saturated heterocycles. The molecule has 3 aromatic rings. The predicted molar refractivity (Wildman–Crippen MR) is 108 cm³/mol. The van der Waals surface area contributed by atoms with Crippen molar-refractivity contribution in [3.63, 3.8) is 0 Å². The molecule has 0 aliphatic carbocycles. The Labute approximate surface area is 168 Å². The van der Waals surface area contributed by atoms with Gasteiger partial charge in [0, 0.05) is 35.5 Å². The van der Waals surface area contributed by atoms with Crippen molar-refractivity contribution in [1.29, 1.82) is 0 Å². The van der Waals surface area contributed by atoms with Crippen LogP contribution in [0.25, 0.3) is 22.2 Å². The van der Waals surface area contributed by atoms with Gasteiger partial charge in [0.15, 0.2) is 0 Å². The topological polar surface area (TPSA) is 93.1 Å². The zero-order chi connectivity index (χ0) is 19.6. The monoisotopic (exact) mass is 390 g/mol. The van der Waals surface area contributed by atoms with Crippen molar-refractivity contribution in [3.8, 4) is 11.3 Å². The van der Waals surface area contributed by atoms with Gasteiger partial charge in [-0.25, -0.2) is 9.97 Å². The third kappa shape index (κ3) is 3.81. The van der Waals surface area contributed by atoms with Crippen LogP contribution in [0.1, 0.15) is 12.8 Å². The fourth-order valence-corrected chi connectivity index (χ4v) is 3.86. The first kappa shape index (κ1) is 18.1. The van der Waals surface area contributed by atoms with Gasteiger partial charge in [-0.15, -0.1) is 0 Å². The molecule has 2 aliphatic heterocycles. The first-order valence-corrected chi connectivity index (χ1v) is 9.92. The fraction of sp³-hybridized carbons (Fsp3) is 0.381. The summed E-state index contributed by atoms with van der Waals surface area (Å²) in [4.78, 5) is 32.4. The average molecular weight is 390 g/mol. The quantitative estimate of drug-likeness (QED) is 0.729. The third-order valence-corrected chi connectivity index (χ3v) is 5.71. The van der Waals surface area contributed by atoms with E-state index in [9.17, 15) is 4.79 Å². The SMILES string of the molecule is O=C(Nc1ncc2ccc(-c3cnccn3)cc2n1)C1CCN(C2COC2)CC1. The second-order valence-electron chi connectivity index (χ2n) is 7.55. The minimum atomic E-state index is -0.00234. The number of hydrogen-bond acceptors (Lipinski definition) is 7. The molecular weight excluding hydrogens is 368 g/mol. The molecule has 0 unspecified atom stereocenters. The van der Waals surface area contributed by atoms with Crippen LogP contribution in [0.4, 0.5) is 5.95 Å². The van der Waals surface area contributed by atoms with Crippen molar-refractivity contribution >= 4 is 22.8 Å². The Kier molecular flexibility index (Phi) is 4.87. The number of fused-ring (bicyclic) bond motifs is 1. The Balaban J connectivity index is 1.28. The molecular formula is C21H22N6O2. The van der Waals surface area contributed by atoms with Gasteiger partial charge < -0.3 is 4.74 Å². The molecule has 8 nitrogen and oxygen atoms in total. The van der Waals surface area contributed by atoms with Crippen LogP contribution in [0, 0.1) is 5.92 Å². The number of likely N-dealkylation sites (tertiary alicyclic amines) is 1. The van der Waals surface area contributed by atoms with Crippen LogP contribution in [-0.2, 0) is 9.53 Å². The van der Waals surface area contributed by atoms with Gasteiger partial charge in [-0.05, 0) is 32.0 Å². The smallest absolute Gasteiger partial charge is 0.229 e. The van der Waals surface area contributed by atoms with E-state index in [-0.39, 0.29) is 11.8 Å². The highest BCUT2D eigenvalue weighted by molar-refractivity contribution is 5.92. The zero-order valence-electron chi connectivity index (χ0n) is 16.0. The molecule has 0 atom stereocenters. The number of rotatable bonds is 4. The Hall–Kier alpha value is -2.97. The number of nitrogens with zero attached hydrogens (tertiary/aromatic N) is 5. The molecule has 0 saturated carbocycles. The number of piperidine rings is 1. The molecule has 5 rings (SSSR count). The van der Waals surface area contributed by atoms with Crippen molar-refractivity contribution in [1.82, 2.24) is 24.8 Å². The van der Waals surface area contributed by atoms with E-state index >= 15 is 0 Å². The second kappa shape index (κ2) is 7.81. The molecule has 2 aliphatic rings. The first-order chi connectivity index (χ1) is 14.3. The summed E-state index contributed by atoms with van der Waals surface area (Å²) in [5.74, 6) is 0.338. The van der Waals surface area contributed by atoms with Gasteiger partial charge in [0.05, 0.1) is 36.7 Å². The molecule has 1 amide bonds. The molecule has 4 heterocycles. The predicted octanol–water partition coefficient (Wildman–Crippen LogP) is 2.14. The lowest BCUT2D eigenvalue weighted by atomic mass is 9.94. The number of ether oxygens (including phenoxy) is 1. The van der Waals surface area contributed by atoms with E-state index < -0.39 is 0 Å². The normalized spacial score (nSPS) is 18.5. The van der Waals surface area contributed by atoms with Crippen LogP contribution in [0.15, 0.2) is 43.0 Å². The molecule has 148 valence electrons. The Morgan fingerprint density at radius 1 is 1.10 bits per heavy atom. The number of hydrogen-bond donors (Lipinski definition) is 1. The molecule has 0 spiro atoms. The molecule has 8 heteroatoms. The highest BCUT2D eigenvalue weighted by Gasteiger charge is 2.32. The van der Waals surface area contributed by atoms with E-state index in [0.717, 1.165) is 61.3 Å². The second-order valence-corrected chi connectivity index (χ2v) is 7.55. The van der Waals surface area contributed by atoms with Crippen LogP contribution in [0.3, 0.4) is 0 Å². The molecule has 1 N–H and O–H groups in total. The van der Waals surface area contributed by atoms with Crippen molar-refractivity contribution in [2.45, 2.75) is 18.9 Å². The maximum Gasteiger partial charge on any atom is 0.229 e. The van der Waals surface area contributed by atoms with Gasteiger partial charge in [-0.2, -0.15) is 0 Å². The van der Waals surface area contributed by atoms with Crippen molar-refractivity contribution < 1.29 is 9.53 Å². The number of nitrogens with one attached hydrogen (secondary N) is 1. The summed E-state index contributed by atoms with van der Waals surface area (Å²) in [6.45, 7) is 3.51. The molecule has 0 radical (unpaired) electrons. The summed E-state index contributed by atoms with van der Waals surface area (Å²) >= 11 is 0. The van der Waals surface area contributed by atoms with E-state index in [2.05, 4.69) is 30.2 Å². The minimum absolute atomic E-state index is 0.000981. The van der Waals surface area contributed by atoms with Gasteiger partial charge in [-0.1, -0.05) is 12.1 Å². The highest BCUT2D eigenvalue weighted by Crippen LogP contribution is 2.24. The molecule has 2 fully saturated rings. The summed E-state index contributed by atoms with van der Waals surface area (Å²) in [6.07, 6.45) is 8.46. The largest absolute Gasteiger partial charge is 0.378 e. The molecule has 1 aromatic carbocycles. The number of carbonyl (C=O) groups is 1. The van der Waals surface area contributed by atoms with Crippen LogP contribution in [0.5, 0.6) is 0 Å². The van der Waals surface area contributed by atoms with Crippen molar-refractivity contribution in [2.75, 3.05) is 31.6 Å². The standard InChI is InChI=1S/C21H22N6O2/c28-20(14-3-7-27(8-4-14)17-12-29-13-17)26-21-24-10-16-2-1-15(9-18(16)25-21)19-11-22-5-6-23-19/h1-2,5-6,9-11,14,17H,3-4,7-8,12-13H2,(H,24,25,26,28). The number of benzene rings is 1. The van der Waals surface area contributed by atoms with Gasteiger partial charge >= 0.3 is 0 Å². The fourth-order valence-electron chi connectivity index (χ4n) is 3.86. The number of amides is 1. The molecule has 0 bridgehead atoms. The van der Waals surface area contributed by atoms with E-state index in [1.54, 1.807) is 24.8 Å². The third-order valence-electron chi connectivity index (χ3n) is 5.71. The highest BCUT2D eigenvalue weighted by atomic mass is 16.5. The van der Waals surface area contributed by atoms with E-state index in [4.69, 9.17) is 4.74 Å². The van der Waals surface area contributed by atoms with E-state index in [1.165, 1.54) is 0 Å². The van der Waals surface area contributed by atoms with Gasteiger partial charge in [0.1, 0.15) is 0 Å². The van der Waals surface area contributed by atoms with E-state index in [1.807, 2.05) is 18.2 Å². The van der Waals surface area contributed by atoms with Crippen molar-refractivity contribution in [3.05, 3.63) is 43.0 Å². The lowest BCUT2D eigenvalue weighted by molar-refractivity contribution is -0.123. The van der Waals surface area contributed by atoms with Gasteiger partial charge in [0.2, 0.25) is 11.9 Å². The zero-order valence-corrected chi connectivity index (χ0v) is 16.0. The van der Waals surface area contributed by atoms with Crippen LogP contribution < -0.4 is 5.32 Å². The summed E-state index contributed by atoms with van der Waals surface area (Å²) in [5.41, 5.74) is 2.47. The number of aromatic nitrogens is 4. The van der Waals surface area contributed by atoms with Crippen molar-refractivity contribution in [2.24, 2.45) is 5.92 Å². The summed E-state index contributed by atoms with van der Waals surface area (Å²) in [6, 6.07) is 6.39. The molecule has 29 heavy (non-hydrogen) atoms. The average Bonchev–Trinajstić information content (AvgIpc) is 2.73. The van der Waals surface area contributed by atoms with Gasteiger partial charge in [0.25, 0.3) is 0 Å². The lowest BCUT2D eigenvalue weighted by Crippen LogP contribution is -2.52. The molecule has 2 aromatic heterocycles. The lowest BCUT2D eigenvalue weighted by Gasteiger charge is -2.41. The van der Waals surface area contributed by atoms with E-state index in [0.29, 0.717) is 12.0 Å². The van der Waals surface area contributed by atoms with Gasteiger partial charge in [-0.3, -0.25) is 25.0 Å². The number of carbonyl (C=O) groups excluding carboxylic acids is 1. The Morgan fingerprint density at radius 3 is 2.69 bits per heavy atom. The van der Waals surface area contributed by atoms with Crippen LogP contribution >= 0.6 is 0 Å². The summed E-state index contributed by atoms with van der Waals surface area (Å²) in [5, 5.41) is 3.81. The minimum Gasteiger partial charge on any atom is -0.378 e. The summed E-state index contributed by atoms with van der Waals surface area (Å²) in [7, 11) is 0. The maximum absolute atomic E-state index is 12.7. The maximum atomic E-state index is 12.7. The Morgan fingerprint density at radius 2 is 1.97 bits per heavy atom. The van der Waals surface area contributed by atoms with Crippen LogP contribution in [0.2, 0.25) is 0 Å². The van der Waals surface area contributed by atoms with Crippen LogP contribution in [-0.4, -0.2) is 63.1 Å². The number of anilines is 1. The Bertz CT molecular complexity index is 1020.